The Labute approximate surface area is 143 Å². The molecule has 5 heteroatoms. The topological polar surface area (TPSA) is 58.4 Å². The van der Waals surface area contributed by atoms with Crippen LogP contribution in [0.15, 0.2) is 28.8 Å². The average molecular weight is 329 g/mol. The molecule has 1 aromatic carbocycles. The fourth-order valence-corrected chi connectivity index (χ4v) is 3.50. The second kappa shape index (κ2) is 7.79. The standard InChI is InChI=1S/C19H27N3O2/c1-14(2)22-11-5-6-15(13-22)9-10-20-19(23)12-17-16-7-3-4-8-18(16)24-21-17/h3-4,7-8,14-15H,5-6,9-13H2,1-2H3,(H,20,23). The predicted octanol–water partition coefficient (Wildman–Crippen LogP) is 3.00. The Morgan fingerprint density at radius 2 is 2.25 bits per heavy atom. The van der Waals surface area contributed by atoms with Crippen LogP contribution in [-0.4, -0.2) is 41.6 Å². The molecule has 1 fully saturated rings. The first kappa shape index (κ1) is 17.0. The van der Waals surface area contributed by atoms with Crippen LogP contribution in [0, 0.1) is 5.92 Å². The van der Waals surface area contributed by atoms with Crippen molar-refractivity contribution in [3.8, 4) is 0 Å². The van der Waals surface area contributed by atoms with Gasteiger partial charge in [-0.15, -0.1) is 0 Å². The van der Waals surface area contributed by atoms with Crippen LogP contribution in [0.1, 0.15) is 38.8 Å². The van der Waals surface area contributed by atoms with E-state index in [1.54, 1.807) is 0 Å². The summed E-state index contributed by atoms with van der Waals surface area (Å²) in [6.45, 7) is 7.62. The number of fused-ring (bicyclic) bond motifs is 1. The van der Waals surface area contributed by atoms with Gasteiger partial charge in [-0.3, -0.25) is 4.79 Å². The molecule has 5 nitrogen and oxygen atoms in total. The van der Waals surface area contributed by atoms with Crippen LogP contribution in [0.4, 0.5) is 0 Å². The van der Waals surface area contributed by atoms with Crippen LogP contribution < -0.4 is 5.32 Å². The number of aromatic nitrogens is 1. The van der Waals surface area contributed by atoms with E-state index in [-0.39, 0.29) is 12.3 Å². The van der Waals surface area contributed by atoms with Crippen molar-refractivity contribution in [3.05, 3.63) is 30.0 Å². The minimum atomic E-state index is 0.0191. The van der Waals surface area contributed by atoms with Crippen molar-refractivity contribution in [1.82, 2.24) is 15.4 Å². The third kappa shape index (κ3) is 4.15. The van der Waals surface area contributed by atoms with Crippen LogP contribution in [0.3, 0.4) is 0 Å². The molecule has 130 valence electrons. The maximum absolute atomic E-state index is 12.2. The normalized spacial score (nSPS) is 19.0. The van der Waals surface area contributed by atoms with Gasteiger partial charge in [0.05, 0.1) is 6.42 Å². The Bertz CT molecular complexity index is 680. The van der Waals surface area contributed by atoms with Gasteiger partial charge in [-0.2, -0.15) is 0 Å². The number of carbonyl (C=O) groups excluding carboxylic acids is 1. The number of hydrogen-bond acceptors (Lipinski definition) is 4. The highest BCUT2D eigenvalue weighted by Crippen LogP contribution is 2.21. The number of amides is 1. The van der Waals surface area contributed by atoms with Crippen molar-refractivity contribution < 1.29 is 9.32 Å². The second-order valence-electron chi connectivity index (χ2n) is 7.04. The predicted molar refractivity (Wildman–Crippen MR) is 94.8 cm³/mol. The largest absolute Gasteiger partial charge is 0.356 e. The number of nitrogens with zero attached hydrogens (tertiary/aromatic N) is 2. The molecule has 1 saturated heterocycles. The molecular weight excluding hydrogens is 302 g/mol. The monoisotopic (exact) mass is 329 g/mol. The SMILES string of the molecule is CC(C)N1CCCC(CCNC(=O)Cc2noc3ccccc23)C1. The number of hydrogen-bond donors (Lipinski definition) is 1. The van der Waals surface area contributed by atoms with E-state index in [1.165, 1.54) is 19.4 Å². The average Bonchev–Trinajstić information content (AvgIpc) is 2.98. The summed E-state index contributed by atoms with van der Waals surface area (Å²) in [5, 5.41) is 7.98. The maximum Gasteiger partial charge on any atom is 0.226 e. The van der Waals surface area contributed by atoms with Crippen molar-refractivity contribution in [3.63, 3.8) is 0 Å². The zero-order chi connectivity index (χ0) is 16.9. The molecule has 0 saturated carbocycles. The van der Waals surface area contributed by atoms with E-state index in [4.69, 9.17) is 4.52 Å². The maximum atomic E-state index is 12.2. The molecule has 1 unspecified atom stereocenters. The van der Waals surface area contributed by atoms with Gasteiger partial charge in [-0.05, 0) is 57.7 Å². The molecule has 2 aromatic rings. The number of rotatable bonds is 6. The lowest BCUT2D eigenvalue weighted by atomic mass is 9.94. The molecule has 1 aromatic heterocycles. The number of piperidine rings is 1. The van der Waals surface area contributed by atoms with Crippen LogP contribution in [-0.2, 0) is 11.2 Å². The van der Waals surface area contributed by atoms with Crippen molar-refractivity contribution >= 4 is 16.9 Å². The molecule has 1 amide bonds. The van der Waals surface area contributed by atoms with E-state index in [9.17, 15) is 4.79 Å². The Kier molecular flexibility index (Phi) is 5.51. The summed E-state index contributed by atoms with van der Waals surface area (Å²) < 4.78 is 5.25. The van der Waals surface area contributed by atoms with Gasteiger partial charge in [-0.1, -0.05) is 17.3 Å². The fraction of sp³-hybridized carbons (Fsp3) is 0.579. The van der Waals surface area contributed by atoms with Gasteiger partial charge < -0.3 is 14.7 Å². The minimum absolute atomic E-state index is 0.0191. The van der Waals surface area contributed by atoms with Crippen LogP contribution in [0.5, 0.6) is 0 Å². The first-order chi connectivity index (χ1) is 11.6. The molecule has 1 N–H and O–H groups in total. The molecule has 1 atom stereocenters. The summed E-state index contributed by atoms with van der Waals surface area (Å²) >= 11 is 0. The van der Waals surface area contributed by atoms with Gasteiger partial charge in [0.2, 0.25) is 5.91 Å². The summed E-state index contributed by atoms with van der Waals surface area (Å²) in [4.78, 5) is 14.7. The molecule has 24 heavy (non-hydrogen) atoms. The summed E-state index contributed by atoms with van der Waals surface area (Å²) in [6.07, 6.45) is 3.86. The van der Waals surface area contributed by atoms with Crippen LogP contribution in [0.2, 0.25) is 0 Å². The summed E-state index contributed by atoms with van der Waals surface area (Å²) in [6, 6.07) is 8.26. The fourth-order valence-electron chi connectivity index (χ4n) is 3.50. The highest BCUT2D eigenvalue weighted by Gasteiger charge is 2.21. The van der Waals surface area contributed by atoms with Gasteiger partial charge in [-0.25, -0.2) is 0 Å². The molecule has 0 aliphatic carbocycles. The van der Waals surface area contributed by atoms with E-state index in [0.717, 1.165) is 30.5 Å². The second-order valence-corrected chi connectivity index (χ2v) is 7.04. The van der Waals surface area contributed by atoms with Crippen molar-refractivity contribution in [2.24, 2.45) is 5.92 Å². The number of benzene rings is 1. The number of likely N-dealkylation sites (tertiary alicyclic amines) is 1. The third-order valence-electron chi connectivity index (χ3n) is 4.94. The van der Waals surface area contributed by atoms with Crippen LogP contribution >= 0.6 is 0 Å². The minimum Gasteiger partial charge on any atom is -0.356 e. The van der Waals surface area contributed by atoms with Gasteiger partial charge in [0.25, 0.3) is 0 Å². The van der Waals surface area contributed by atoms with Crippen LogP contribution in [0.25, 0.3) is 11.0 Å². The molecular formula is C19H27N3O2. The summed E-state index contributed by atoms with van der Waals surface area (Å²) in [5.74, 6) is 0.708. The molecule has 0 bridgehead atoms. The third-order valence-corrected chi connectivity index (χ3v) is 4.94. The van der Waals surface area contributed by atoms with Crippen molar-refractivity contribution in [2.45, 2.75) is 45.6 Å². The zero-order valence-electron chi connectivity index (χ0n) is 14.6. The van der Waals surface area contributed by atoms with Gasteiger partial charge >= 0.3 is 0 Å². The lowest BCUT2D eigenvalue weighted by Gasteiger charge is -2.35. The lowest BCUT2D eigenvalue weighted by Crippen LogP contribution is -2.41. The van der Waals surface area contributed by atoms with Gasteiger partial charge in [0.15, 0.2) is 5.58 Å². The van der Waals surface area contributed by atoms with Crippen molar-refractivity contribution in [2.75, 3.05) is 19.6 Å². The summed E-state index contributed by atoms with van der Waals surface area (Å²) in [5.41, 5.74) is 1.45. The van der Waals surface area contributed by atoms with E-state index >= 15 is 0 Å². The molecule has 2 heterocycles. The Morgan fingerprint density at radius 3 is 3.08 bits per heavy atom. The number of para-hydroxylation sites is 1. The molecule has 0 spiro atoms. The Hall–Kier alpha value is -1.88. The Balaban J connectivity index is 1.44. The highest BCUT2D eigenvalue weighted by molar-refractivity contribution is 5.86. The van der Waals surface area contributed by atoms with Gasteiger partial charge in [0.1, 0.15) is 5.69 Å². The molecule has 1 aliphatic rings. The Morgan fingerprint density at radius 1 is 1.42 bits per heavy atom. The molecule has 0 radical (unpaired) electrons. The first-order valence-electron chi connectivity index (χ1n) is 8.97. The smallest absolute Gasteiger partial charge is 0.226 e. The van der Waals surface area contributed by atoms with E-state index in [0.29, 0.717) is 17.7 Å². The van der Waals surface area contributed by atoms with Crippen molar-refractivity contribution in [1.29, 1.82) is 0 Å². The molecule has 3 rings (SSSR count). The van der Waals surface area contributed by atoms with E-state index < -0.39 is 0 Å². The van der Waals surface area contributed by atoms with E-state index in [1.807, 2.05) is 24.3 Å². The quantitative estimate of drug-likeness (QED) is 0.885. The van der Waals surface area contributed by atoms with E-state index in [2.05, 4.69) is 29.2 Å². The summed E-state index contributed by atoms with van der Waals surface area (Å²) in [7, 11) is 0. The lowest BCUT2D eigenvalue weighted by molar-refractivity contribution is -0.120. The number of nitrogens with one attached hydrogen (secondary N) is 1. The number of carbonyl (C=O) groups is 1. The van der Waals surface area contributed by atoms with Gasteiger partial charge in [0, 0.05) is 24.5 Å². The first-order valence-corrected chi connectivity index (χ1v) is 8.97. The molecule has 1 aliphatic heterocycles. The zero-order valence-corrected chi connectivity index (χ0v) is 14.6. The highest BCUT2D eigenvalue weighted by atomic mass is 16.5.